The van der Waals surface area contributed by atoms with E-state index >= 15 is 0 Å². The number of allylic oxidation sites excluding steroid dienone is 2. The number of ketones is 1. The molecule has 10 heavy (non-hydrogen) atoms. The molecule has 0 atom stereocenters. The number of hydrogen-bond acceptors (Lipinski definition) is 2. The summed E-state index contributed by atoms with van der Waals surface area (Å²) in [6, 6.07) is 0. The standard InChI is InChI=1S/C8H9NO/c10-8-5-9-7-4-2-1-3-6(7)8/h2,4,9H,1,3,5H2. The quantitative estimate of drug-likeness (QED) is 0.531. The van der Waals surface area contributed by atoms with Crippen LogP contribution in [0.25, 0.3) is 0 Å². The van der Waals surface area contributed by atoms with Gasteiger partial charge in [-0.05, 0) is 18.9 Å². The van der Waals surface area contributed by atoms with E-state index in [-0.39, 0.29) is 5.78 Å². The minimum atomic E-state index is 0.277. The maximum Gasteiger partial charge on any atom is 0.179 e. The van der Waals surface area contributed by atoms with Crippen LogP contribution in [0.2, 0.25) is 0 Å². The Bertz CT molecular complexity index is 238. The lowest BCUT2D eigenvalue weighted by Crippen LogP contribution is -2.10. The molecular formula is C8H9NO. The van der Waals surface area contributed by atoms with E-state index in [1.54, 1.807) is 0 Å². The Morgan fingerprint density at radius 3 is 3.20 bits per heavy atom. The van der Waals surface area contributed by atoms with Gasteiger partial charge in [-0.3, -0.25) is 4.79 Å². The zero-order chi connectivity index (χ0) is 6.97. The average Bonchev–Trinajstić information content (AvgIpc) is 2.34. The molecule has 0 aromatic carbocycles. The van der Waals surface area contributed by atoms with Gasteiger partial charge in [0.05, 0.1) is 6.54 Å². The van der Waals surface area contributed by atoms with Crippen molar-refractivity contribution in [2.75, 3.05) is 6.54 Å². The second-order valence-corrected chi connectivity index (χ2v) is 2.61. The molecule has 0 saturated heterocycles. The van der Waals surface area contributed by atoms with E-state index in [2.05, 4.69) is 11.4 Å². The number of nitrogens with one attached hydrogen (secondary N) is 1. The Balaban J connectivity index is 2.38. The highest BCUT2D eigenvalue weighted by molar-refractivity contribution is 6.00. The average molecular weight is 135 g/mol. The summed E-state index contributed by atoms with van der Waals surface area (Å²) < 4.78 is 0. The molecule has 0 amide bonds. The first-order chi connectivity index (χ1) is 4.88. The highest BCUT2D eigenvalue weighted by atomic mass is 16.1. The van der Waals surface area contributed by atoms with Crippen molar-refractivity contribution in [2.45, 2.75) is 12.8 Å². The summed E-state index contributed by atoms with van der Waals surface area (Å²) >= 11 is 0. The molecule has 2 rings (SSSR count). The van der Waals surface area contributed by atoms with Crippen molar-refractivity contribution in [1.82, 2.24) is 5.32 Å². The second kappa shape index (κ2) is 1.97. The molecule has 1 aliphatic carbocycles. The van der Waals surface area contributed by atoms with Gasteiger partial charge in [-0.2, -0.15) is 0 Å². The Morgan fingerprint density at radius 2 is 2.40 bits per heavy atom. The lowest BCUT2D eigenvalue weighted by molar-refractivity contribution is -0.114. The molecule has 0 aromatic heterocycles. The summed E-state index contributed by atoms with van der Waals surface area (Å²) in [5.74, 6) is 0.277. The molecule has 0 aromatic rings. The summed E-state index contributed by atoms with van der Waals surface area (Å²) in [7, 11) is 0. The summed E-state index contributed by atoms with van der Waals surface area (Å²) in [5.41, 5.74) is 2.05. The summed E-state index contributed by atoms with van der Waals surface area (Å²) in [5, 5.41) is 3.05. The van der Waals surface area contributed by atoms with Crippen LogP contribution in [0.4, 0.5) is 0 Å². The maximum absolute atomic E-state index is 11.1. The number of carbonyl (C=O) groups is 1. The van der Waals surface area contributed by atoms with E-state index in [9.17, 15) is 4.79 Å². The molecule has 0 spiro atoms. The number of rotatable bonds is 0. The molecule has 0 radical (unpaired) electrons. The van der Waals surface area contributed by atoms with Gasteiger partial charge < -0.3 is 5.32 Å². The molecule has 0 unspecified atom stereocenters. The van der Waals surface area contributed by atoms with Crippen molar-refractivity contribution < 1.29 is 4.79 Å². The molecule has 0 fully saturated rings. The third-order valence-corrected chi connectivity index (χ3v) is 1.95. The molecule has 2 nitrogen and oxygen atoms in total. The second-order valence-electron chi connectivity index (χ2n) is 2.61. The van der Waals surface area contributed by atoms with Crippen LogP contribution in [0.3, 0.4) is 0 Å². The highest BCUT2D eigenvalue weighted by Gasteiger charge is 2.21. The first-order valence-corrected chi connectivity index (χ1v) is 3.55. The normalized spacial score (nSPS) is 23.0. The van der Waals surface area contributed by atoms with Crippen molar-refractivity contribution >= 4 is 5.78 Å². The predicted octanol–water partition coefficient (Wildman–Crippen LogP) is 0.763. The molecule has 0 saturated carbocycles. The first kappa shape index (κ1) is 5.71. The van der Waals surface area contributed by atoms with E-state index < -0.39 is 0 Å². The molecule has 1 aliphatic heterocycles. The van der Waals surface area contributed by atoms with Gasteiger partial charge in [-0.1, -0.05) is 6.08 Å². The Kier molecular flexibility index (Phi) is 1.13. The minimum absolute atomic E-state index is 0.277. The van der Waals surface area contributed by atoms with Gasteiger partial charge in [0, 0.05) is 11.3 Å². The van der Waals surface area contributed by atoms with Crippen molar-refractivity contribution in [3.05, 3.63) is 23.4 Å². The van der Waals surface area contributed by atoms with Crippen molar-refractivity contribution in [1.29, 1.82) is 0 Å². The van der Waals surface area contributed by atoms with Gasteiger partial charge >= 0.3 is 0 Å². The Labute approximate surface area is 59.6 Å². The summed E-state index contributed by atoms with van der Waals surface area (Å²) in [6.45, 7) is 0.509. The van der Waals surface area contributed by atoms with Crippen LogP contribution in [0.1, 0.15) is 12.8 Å². The van der Waals surface area contributed by atoms with E-state index in [0.717, 1.165) is 24.1 Å². The topological polar surface area (TPSA) is 29.1 Å². The van der Waals surface area contributed by atoms with Gasteiger partial charge in [0.25, 0.3) is 0 Å². The smallest absolute Gasteiger partial charge is 0.179 e. The molecule has 1 heterocycles. The van der Waals surface area contributed by atoms with Crippen molar-refractivity contribution in [3.8, 4) is 0 Å². The first-order valence-electron chi connectivity index (χ1n) is 3.55. The van der Waals surface area contributed by atoms with Gasteiger partial charge in [0.2, 0.25) is 0 Å². The van der Waals surface area contributed by atoms with E-state index in [1.165, 1.54) is 0 Å². The predicted molar refractivity (Wildman–Crippen MR) is 38.4 cm³/mol. The van der Waals surface area contributed by atoms with Gasteiger partial charge in [-0.15, -0.1) is 0 Å². The van der Waals surface area contributed by atoms with Crippen LogP contribution < -0.4 is 5.32 Å². The number of hydrogen-bond donors (Lipinski definition) is 1. The Hall–Kier alpha value is -1.05. The molecule has 2 aliphatic rings. The third kappa shape index (κ3) is 0.685. The van der Waals surface area contributed by atoms with Gasteiger partial charge in [0.15, 0.2) is 5.78 Å². The zero-order valence-corrected chi connectivity index (χ0v) is 5.68. The Morgan fingerprint density at radius 1 is 1.50 bits per heavy atom. The molecule has 2 heteroatoms. The fourth-order valence-corrected chi connectivity index (χ4v) is 1.40. The summed E-state index contributed by atoms with van der Waals surface area (Å²) in [4.78, 5) is 11.1. The van der Waals surface area contributed by atoms with Crippen molar-refractivity contribution in [2.24, 2.45) is 0 Å². The summed E-state index contributed by atoms with van der Waals surface area (Å²) in [6.07, 6.45) is 6.05. The van der Waals surface area contributed by atoms with Crippen LogP contribution in [0.5, 0.6) is 0 Å². The lowest BCUT2D eigenvalue weighted by atomic mass is 10.0. The van der Waals surface area contributed by atoms with Crippen LogP contribution in [0, 0.1) is 0 Å². The zero-order valence-electron chi connectivity index (χ0n) is 5.68. The number of carbonyl (C=O) groups excluding carboxylic acids is 1. The van der Waals surface area contributed by atoms with Gasteiger partial charge in [-0.25, -0.2) is 0 Å². The molecular weight excluding hydrogens is 126 g/mol. The van der Waals surface area contributed by atoms with E-state index in [4.69, 9.17) is 0 Å². The van der Waals surface area contributed by atoms with E-state index in [0.29, 0.717) is 6.54 Å². The molecule has 52 valence electrons. The minimum Gasteiger partial charge on any atom is -0.377 e. The van der Waals surface area contributed by atoms with Crippen LogP contribution in [0.15, 0.2) is 23.4 Å². The van der Waals surface area contributed by atoms with E-state index in [1.807, 2.05) is 6.08 Å². The lowest BCUT2D eigenvalue weighted by Gasteiger charge is -2.04. The SMILES string of the molecule is O=C1CNC2=C1CCC=C2. The van der Waals surface area contributed by atoms with Crippen LogP contribution in [-0.2, 0) is 4.79 Å². The molecule has 1 N–H and O–H groups in total. The van der Waals surface area contributed by atoms with Crippen LogP contribution >= 0.6 is 0 Å². The largest absolute Gasteiger partial charge is 0.377 e. The fourth-order valence-electron chi connectivity index (χ4n) is 1.40. The highest BCUT2D eigenvalue weighted by Crippen LogP contribution is 2.21. The van der Waals surface area contributed by atoms with Crippen molar-refractivity contribution in [3.63, 3.8) is 0 Å². The van der Waals surface area contributed by atoms with Crippen LogP contribution in [-0.4, -0.2) is 12.3 Å². The third-order valence-electron chi connectivity index (χ3n) is 1.95. The fraction of sp³-hybridized carbons (Fsp3) is 0.375. The van der Waals surface area contributed by atoms with Gasteiger partial charge in [0.1, 0.15) is 0 Å². The maximum atomic E-state index is 11.1. The monoisotopic (exact) mass is 135 g/mol. The molecule has 0 bridgehead atoms. The number of Topliss-reactive ketones (excluding diaryl/α,β-unsaturated/α-hetero) is 1.